The van der Waals surface area contributed by atoms with Gasteiger partial charge >= 0.3 is 0 Å². The number of amides is 2. The molecule has 0 saturated heterocycles. The summed E-state index contributed by atoms with van der Waals surface area (Å²) in [4.78, 5) is 29.2. The molecule has 0 saturated carbocycles. The monoisotopic (exact) mass is 486 g/mol. The van der Waals surface area contributed by atoms with Gasteiger partial charge in [0.25, 0.3) is 5.91 Å². The lowest BCUT2D eigenvalue weighted by atomic mass is 10.2. The van der Waals surface area contributed by atoms with Gasteiger partial charge in [0.1, 0.15) is 11.5 Å². The highest BCUT2D eigenvalue weighted by Crippen LogP contribution is 2.21. The number of methoxy groups -OCH3 is 1. The van der Waals surface area contributed by atoms with Crippen molar-refractivity contribution in [2.24, 2.45) is 0 Å². The number of aromatic nitrogens is 2. The molecule has 4 rings (SSSR count). The zero-order chi connectivity index (χ0) is 25.3. The van der Waals surface area contributed by atoms with Crippen molar-refractivity contribution in [2.75, 3.05) is 24.4 Å². The fourth-order valence-corrected chi connectivity index (χ4v) is 3.37. The quantitative estimate of drug-likeness (QED) is 0.325. The van der Waals surface area contributed by atoms with Crippen LogP contribution in [0.1, 0.15) is 29.6 Å². The highest BCUT2D eigenvalue weighted by atomic mass is 16.5. The van der Waals surface area contributed by atoms with Crippen molar-refractivity contribution < 1.29 is 23.6 Å². The molecule has 4 aromatic rings. The van der Waals surface area contributed by atoms with E-state index in [4.69, 9.17) is 14.0 Å². The average molecular weight is 487 g/mol. The topological polar surface area (TPSA) is 116 Å². The van der Waals surface area contributed by atoms with Crippen molar-refractivity contribution in [3.63, 3.8) is 0 Å². The molecule has 0 aliphatic heterocycles. The summed E-state index contributed by atoms with van der Waals surface area (Å²) in [5.41, 5.74) is 2.51. The molecular formula is C27H26N4O5. The Bertz CT molecular complexity index is 1300. The molecule has 9 heteroatoms. The average Bonchev–Trinajstić information content (AvgIpc) is 3.38. The van der Waals surface area contributed by atoms with E-state index in [1.165, 1.54) is 0 Å². The molecule has 184 valence electrons. The number of anilines is 2. The highest BCUT2D eigenvalue weighted by molar-refractivity contribution is 6.04. The Morgan fingerprint density at radius 3 is 2.17 bits per heavy atom. The van der Waals surface area contributed by atoms with Crippen molar-refractivity contribution in [2.45, 2.75) is 19.8 Å². The van der Waals surface area contributed by atoms with E-state index in [9.17, 15) is 9.59 Å². The van der Waals surface area contributed by atoms with Crippen LogP contribution in [-0.2, 0) is 11.2 Å². The minimum Gasteiger partial charge on any atom is -0.497 e. The Labute approximate surface area is 208 Å². The van der Waals surface area contributed by atoms with Crippen LogP contribution < -0.4 is 20.1 Å². The van der Waals surface area contributed by atoms with Crippen LogP contribution in [0.2, 0.25) is 0 Å². The first-order valence-corrected chi connectivity index (χ1v) is 11.4. The summed E-state index contributed by atoms with van der Waals surface area (Å²) in [7, 11) is 1.58. The minimum atomic E-state index is -0.252. The maximum atomic E-state index is 12.5. The Morgan fingerprint density at radius 2 is 1.50 bits per heavy atom. The maximum Gasteiger partial charge on any atom is 0.255 e. The molecule has 3 aromatic carbocycles. The predicted molar refractivity (Wildman–Crippen MR) is 135 cm³/mol. The molecule has 2 N–H and O–H groups in total. The van der Waals surface area contributed by atoms with Gasteiger partial charge < -0.3 is 24.6 Å². The first-order chi connectivity index (χ1) is 17.5. The van der Waals surface area contributed by atoms with Gasteiger partial charge in [0.05, 0.1) is 13.7 Å². The lowest BCUT2D eigenvalue weighted by Crippen LogP contribution is -2.14. The molecule has 0 aliphatic rings. The molecule has 1 aromatic heterocycles. The van der Waals surface area contributed by atoms with Gasteiger partial charge in [0.2, 0.25) is 17.6 Å². The standard InChI is InChI=1S/C27H26N4O5/c1-3-35-23-12-6-18(7-13-23)26-30-25(36-31-26)17-16-24(32)28-20-8-4-19(5-9-20)27(33)29-21-10-14-22(34-2)15-11-21/h4-15H,3,16-17H2,1-2H3,(H,28,32)(H,29,33). The van der Waals surface area contributed by atoms with Gasteiger partial charge in [-0.05, 0) is 79.7 Å². The molecule has 0 radical (unpaired) electrons. The summed E-state index contributed by atoms with van der Waals surface area (Å²) in [6, 6.07) is 21.1. The van der Waals surface area contributed by atoms with Crippen molar-refractivity contribution in [1.82, 2.24) is 10.1 Å². The Balaban J connectivity index is 1.26. The normalized spacial score (nSPS) is 10.5. The van der Waals surface area contributed by atoms with Gasteiger partial charge in [-0.2, -0.15) is 4.98 Å². The molecule has 0 bridgehead atoms. The molecule has 0 spiro atoms. The number of nitrogens with zero attached hydrogens (tertiary/aromatic N) is 2. The van der Waals surface area contributed by atoms with Crippen LogP contribution in [0.3, 0.4) is 0 Å². The number of aryl methyl sites for hydroxylation is 1. The molecule has 2 amide bonds. The second-order valence-corrected chi connectivity index (χ2v) is 7.78. The summed E-state index contributed by atoms with van der Waals surface area (Å²) < 4.78 is 15.8. The fraction of sp³-hybridized carbons (Fsp3) is 0.185. The molecule has 1 heterocycles. The lowest BCUT2D eigenvalue weighted by molar-refractivity contribution is -0.116. The second kappa shape index (κ2) is 11.7. The van der Waals surface area contributed by atoms with E-state index in [-0.39, 0.29) is 18.2 Å². The van der Waals surface area contributed by atoms with E-state index in [0.29, 0.717) is 47.4 Å². The summed E-state index contributed by atoms with van der Waals surface area (Å²) in [5.74, 6) is 1.85. The number of rotatable bonds is 10. The summed E-state index contributed by atoms with van der Waals surface area (Å²) >= 11 is 0. The third-order valence-electron chi connectivity index (χ3n) is 5.24. The number of hydrogen-bond donors (Lipinski definition) is 2. The molecule has 0 fully saturated rings. The maximum absolute atomic E-state index is 12.5. The van der Waals surface area contributed by atoms with Crippen LogP contribution in [0, 0.1) is 0 Å². The van der Waals surface area contributed by atoms with Crippen LogP contribution in [0.5, 0.6) is 11.5 Å². The first kappa shape index (κ1) is 24.5. The zero-order valence-corrected chi connectivity index (χ0v) is 20.0. The summed E-state index contributed by atoms with van der Waals surface area (Å²) in [6.45, 7) is 2.52. The highest BCUT2D eigenvalue weighted by Gasteiger charge is 2.12. The largest absolute Gasteiger partial charge is 0.497 e. The van der Waals surface area contributed by atoms with Gasteiger partial charge in [-0.1, -0.05) is 5.16 Å². The Hall–Kier alpha value is -4.66. The number of hydrogen-bond acceptors (Lipinski definition) is 7. The Kier molecular flexibility index (Phi) is 7.92. The van der Waals surface area contributed by atoms with Crippen LogP contribution >= 0.6 is 0 Å². The SMILES string of the molecule is CCOc1ccc(-c2noc(CCC(=O)Nc3ccc(C(=O)Nc4ccc(OC)cc4)cc3)n2)cc1. The van der Waals surface area contributed by atoms with Crippen molar-refractivity contribution >= 4 is 23.2 Å². The van der Waals surface area contributed by atoms with Crippen LogP contribution in [-0.4, -0.2) is 35.7 Å². The van der Waals surface area contributed by atoms with E-state index in [1.54, 1.807) is 55.6 Å². The van der Waals surface area contributed by atoms with E-state index in [0.717, 1.165) is 11.3 Å². The lowest BCUT2D eigenvalue weighted by Gasteiger charge is -2.08. The third kappa shape index (κ3) is 6.47. The summed E-state index contributed by atoms with van der Waals surface area (Å²) in [5, 5.41) is 9.61. The number of nitrogens with one attached hydrogen (secondary N) is 2. The zero-order valence-electron chi connectivity index (χ0n) is 20.0. The van der Waals surface area contributed by atoms with Crippen molar-refractivity contribution in [3.8, 4) is 22.9 Å². The van der Waals surface area contributed by atoms with Gasteiger partial charge in [-0.15, -0.1) is 0 Å². The Morgan fingerprint density at radius 1 is 0.861 bits per heavy atom. The summed E-state index contributed by atoms with van der Waals surface area (Å²) in [6.07, 6.45) is 0.475. The second-order valence-electron chi connectivity index (χ2n) is 7.78. The minimum absolute atomic E-state index is 0.171. The van der Waals surface area contributed by atoms with Crippen LogP contribution in [0.4, 0.5) is 11.4 Å². The number of carbonyl (C=O) groups is 2. The smallest absolute Gasteiger partial charge is 0.255 e. The predicted octanol–water partition coefficient (Wildman–Crippen LogP) is 4.97. The van der Waals surface area contributed by atoms with Gasteiger partial charge in [0.15, 0.2) is 0 Å². The third-order valence-corrected chi connectivity index (χ3v) is 5.24. The number of ether oxygens (including phenoxy) is 2. The molecular weight excluding hydrogens is 460 g/mol. The molecule has 0 unspecified atom stereocenters. The van der Waals surface area contributed by atoms with Gasteiger partial charge in [-0.25, -0.2) is 0 Å². The van der Waals surface area contributed by atoms with E-state index < -0.39 is 0 Å². The first-order valence-electron chi connectivity index (χ1n) is 11.4. The van der Waals surface area contributed by atoms with Crippen molar-refractivity contribution in [3.05, 3.63) is 84.3 Å². The van der Waals surface area contributed by atoms with Gasteiger partial charge in [-0.3, -0.25) is 9.59 Å². The molecule has 9 nitrogen and oxygen atoms in total. The van der Waals surface area contributed by atoms with Crippen LogP contribution in [0.15, 0.2) is 77.3 Å². The van der Waals surface area contributed by atoms with E-state index in [2.05, 4.69) is 20.8 Å². The molecule has 0 atom stereocenters. The number of benzene rings is 3. The fourth-order valence-electron chi connectivity index (χ4n) is 3.37. The van der Waals surface area contributed by atoms with E-state index >= 15 is 0 Å². The van der Waals surface area contributed by atoms with E-state index in [1.807, 2.05) is 31.2 Å². The molecule has 36 heavy (non-hydrogen) atoms. The van der Waals surface area contributed by atoms with Crippen molar-refractivity contribution in [1.29, 1.82) is 0 Å². The molecule has 0 aliphatic carbocycles. The number of carbonyl (C=O) groups excluding carboxylic acids is 2. The van der Waals surface area contributed by atoms with Crippen LogP contribution in [0.25, 0.3) is 11.4 Å². The van der Waals surface area contributed by atoms with Gasteiger partial charge in [0, 0.05) is 35.3 Å².